The summed E-state index contributed by atoms with van der Waals surface area (Å²) in [5.74, 6) is -0.911. The highest BCUT2D eigenvalue weighted by Crippen LogP contribution is 2.27. The van der Waals surface area contributed by atoms with E-state index in [1.807, 2.05) is 0 Å². The highest BCUT2D eigenvalue weighted by molar-refractivity contribution is 5.66. The molecule has 1 aromatic rings. The molecule has 0 bridgehead atoms. The largest absolute Gasteiger partial charge is 0.486 e. The summed E-state index contributed by atoms with van der Waals surface area (Å²) in [7, 11) is 0. The Hall–Kier alpha value is -2.11. The van der Waals surface area contributed by atoms with Gasteiger partial charge in [0, 0.05) is 6.07 Å². The van der Waals surface area contributed by atoms with Gasteiger partial charge in [-0.15, -0.1) is 0 Å². The maximum Gasteiger partial charge on any atom is 0.311 e. The number of carboxylic acid groups (broad SMARTS) is 1. The maximum atomic E-state index is 10.7. The first-order chi connectivity index (χ1) is 7.50. The molecule has 1 rings (SSSR count). The van der Waals surface area contributed by atoms with Gasteiger partial charge in [0.25, 0.3) is 0 Å². The van der Waals surface area contributed by atoms with Gasteiger partial charge in [0.1, 0.15) is 0 Å². The van der Waals surface area contributed by atoms with E-state index in [4.69, 9.17) is 9.84 Å². The van der Waals surface area contributed by atoms with Crippen molar-refractivity contribution < 1.29 is 19.6 Å². The van der Waals surface area contributed by atoms with Crippen LogP contribution in [-0.4, -0.2) is 22.6 Å². The predicted octanol–water partition coefficient (Wildman–Crippen LogP) is 1.76. The number of carbonyl (C=O) groups is 1. The summed E-state index contributed by atoms with van der Waals surface area (Å²) in [5, 5.41) is 19.1. The van der Waals surface area contributed by atoms with E-state index in [0.29, 0.717) is 0 Å². The van der Waals surface area contributed by atoms with E-state index >= 15 is 0 Å². The summed E-state index contributed by atoms with van der Waals surface area (Å²) in [5.41, 5.74) is 0.600. The maximum absolute atomic E-state index is 10.7. The van der Waals surface area contributed by atoms with Crippen molar-refractivity contribution in [2.45, 2.75) is 13.3 Å². The molecule has 0 aromatic heterocycles. The van der Waals surface area contributed by atoms with E-state index in [2.05, 4.69) is 0 Å². The number of ether oxygens (including phenoxy) is 1. The van der Waals surface area contributed by atoms with Gasteiger partial charge >= 0.3 is 11.7 Å². The molecule has 1 aromatic carbocycles. The minimum atomic E-state index is -1.00. The normalized spacial score (nSPS) is 9.81. The van der Waals surface area contributed by atoms with E-state index in [1.165, 1.54) is 12.1 Å². The van der Waals surface area contributed by atoms with Crippen molar-refractivity contribution in [1.82, 2.24) is 0 Å². The summed E-state index contributed by atoms with van der Waals surface area (Å²) in [6.07, 6.45) is -0.189. The van der Waals surface area contributed by atoms with Crippen LogP contribution in [0.5, 0.6) is 5.75 Å². The van der Waals surface area contributed by atoms with Gasteiger partial charge < -0.3 is 9.84 Å². The molecule has 0 saturated carbocycles. The molecule has 0 aliphatic rings. The van der Waals surface area contributed by atoms with Crippen LogP contribution in [0, 0.1) is 17.0 Å². The molecule has 0 aliphatic heterocycles. The molecule has 1 N–H and O–H groups in total. The van der Waals surface area contributed by atoms with Gasteiger partial charge in [0.2, 0.25) is 0 Å². The molecular weight excluding hydrogens is 214 g/mol. The van der Waals surface area contributed by atoms with E-state index < -0.39 is 10.9 Å². The molecule has 0 unspecified atom stereocenters. The van der Waals surface area contributed by atoms with Crippen LogP contribution in [0.1, 0.15) is 12.0 Å². The number of carboxylic acids is 1. The minimum absolute atomic E-state index is 0.0841. The van der Waals surface area contributed by atoms with Gasteiger partial charge in [-0.25, -0.2) is 0 Å². The first kappa shape index (κ1) is 12.0. The van der Waals surface area contributed by atoms with Gasteiger partial charge in [-0.05, 0) is 18.6 Å². The molecule has 0 spiro atoms. The molecule has 6 heteroatoms. The van der Waals surface area contributed by atoms with Crippen molar-refractivity contribution in [3.05, 3.63) is 33.9 Å². The number of rotatable bonds is 5. The molecule has 0 atom stereocenters. The zero-order chi connectivity index (χ0) is 12.1. The number of hydrogen-bond donors (Lipinski definition) is 1. The molecular formula is C10H11NO5. The fourth-order valence-electron chi connectivity index (χ4n) is 1.14. The fourth-order valence-corrected chi connectivity index (χ4v) is 1.14. The average molecular weight is 225 g/mol. The molecule has 6 nitrogen and oxygen atoms in total. The Morgan fingerprint density at radius 2 is 2.25 bits per heavy atom. The first-order valence-corrected chi connectivity index (χ1v) is 4.60. The minimum Gasteiger partial charge on any atom is -0.486 e. The standard InChI is InChI=1S/C10H11NO5/c1-7-2-3-9(8(6-7)11(14)15)16-5-4-10(12)13/h2-3,6H,4-5H2,1H3,(H,12,13). The van der Waals surface area contributed by atoms with Crippen LogP contribution >= 0.6 is 0 Å². The second-order valence-corrected chi connectivity index (χ2v) is 3.22. The van der Waals surface area contributed by atoms with Gasteiger partial charge in [0.05, 0.1) is 18.0 Å². The lowest BCUT2D eigenvalue weighted by Gasteiger charge is -2.05. The Morgan fingerprint density at radius 3 is 2.81 bits per heavy atom. The predicted molar refractivity (Wildman–Crippen MR) is 55.6 cm³/mol. The molecule has 0 aliphatic carbocycles. The molecule has 0 fully saturated rings. The molecule has 16 heavy (non-hydrogen) atoms. The summed E-state index contributed by atoms with van der Waals surface area (Å²) >= 11 is 0. The Morgan fingerprint density at radius 1 is 1.56 bits per heavy atom. The van der Waals surface area contributed by atoms with E-state index in [1.54, 1.807) is 13.0 Å². The Bertz CT molecular complexity index is 416. The van der Waals surface area contributed by atoms with E-state index in [-0.39, 0.29) is 24.5 Å². The van der Waals surface area contributed by atoms with Crippen LogP contribution in [0.15, 0.2) is 18.2 Å². The van der Waals surface area contributed by atoms with Crippen LogP contribution < -0.4 is 4.74 Å². The van der Waals surface area contributed by atoms with Crippen LogP contribution in [-0.2, 0) is 4.79 Å². The third-order valence-electron chi connectivity index (χ3n) is 1.88. The summed E-state index contributed by atoms with van der Waals surface area (Å²) in [4.78, 5) is 20.4. The van der Waals surface area contributed by atoms with Gasteiger partial charge in [-0.3, -0.25) is 14.9 Å². The van der Waals surface area contributed by atoms with Crippen molar-refractivity contribution >= 4 is 11.7 Å². The number of hydrogen-bond acceptors (Lipinski definition) is 4. The van der Waals surface area contributed by atoms with E-state index in [0.717, 1.165) is 5.56 Å². The number of nitro benzene ring substituents is 1. The third kappa shape index (κ3) is 3.23. The van der Waals surface area contributed by atoms with E-state index in [9.17, 15) is 14.9 Å². The van der Waals surface area contributed by atoms with Crippen LogP contribution in [0.2, 0.25) is 0 Å². The smallest absolute Gasteiger partial charge is 0.311 e. The van der Waals surface area contributed by atoms with Crippen LogP contribution in [0.4, 0.5) is 5.69 Å². The molecule has 0 saturated heterocycles. The molecule has 0 heterocycles. The first-order valence-electron chi connectivity index (χ1n) is 4.60. The number of aryl methyl sites for hydroxylation is 1. The lowest BCUT2D eigenvalue weighted by Crippen LogP contribution is -2.06. The van der Waals surface area contributed by atoms with Gasteiger partial charge in [-0.1, -0.05) is 6.07 Å². The molecule has 86 valence electrons. The second-order valence-electron chi connectivity index (χ2n) is 3.22. The zero-order valence-electron chi connectivity index (χ0n) is 8.67. The topological polar surface area (TPSA) is 89.7 Å². The highest BCUT2D eigenvalue weighted by Gasteiger charge is 2.15. The summed E-state index contributed by atoms with van der Waals surface area (Å²) < 4.78 is 5.04. The average Bonchev–Trinajstić information content (AvgIpc) is 2.19. The summed E-state index contributed by atoms with van der Waals surface area (Å²) in [6, 6.07) is 4.52. The van der Waals surface area contributed by atoms with Crippen LogP contribution in [0.3, 0.4) is 0 Å². The number of nitrogens with zero attached hydrogens (tertiary/aromatic N) is 1. The Labute approximate surface area is 91.6 Å². The summed E-state index contributed by atoms with van der Waals surface area (Å²) in [6.45, 7) is 1.65. The number of nitro groups is 1. The monoisotopic (exact) mass is 225 g/mol. The second kappa shape index (κ2) is 5.11. The van der Waals surface area contributed by atoms with Crippen LogP contribution in [0.25, 0.3) is 0 Å². The van der Waals surface area contributed by atoms with Crippen molar-refractivity contribution in [3.63, 3.8) is 0 Å². The molecule has 0 amide bonds. The quantitative estimate of drug-likeness (QED) is 0.609. The molecule has 0 radical (unpaired) electrons. The Balaban J connectivity index is 2.78. The number of benzene rings is 1. The lowest BCUT2D eigenvalue weighted by molar-refractivity contribution is -0.385. The third-order valence-corrected chi connectivity index (χ3v) is 1.88. The Kier molecular flexibility index (Phi) is 3.82. The SMILES string of the molecule is Cc1ccc(OCCC(=O)O)c([N+](=O)[O-])c1. The lowest BCUT2D eigenvalue weighted by atomic mass is 10.2. The number of aliphatic carboxylic acids is 1. The fraction of sp³-hybridized carbons (Fsp3) is 0.300. The van der Waals surface area contributed by atoms with Crippen molar-refractivity contribution in [2.75, 3.05) is 6.61 Å². The highest BCUT2D eigenvalue weighted by atomic mass is 16.6. The van der Waals surface area contributed by atoms with Crippen molar-refractivity contribution in [3.8, 4) is 5.75 Å². The van der Waals surface area contributed by atoms with Gasteiger partial charge in [-0.2, -0.15) is 0 Å². The van der Waals surface area contributed by atoms with Crippen molar-refractivity contribution in [1.29, 1.82) is 0 Å². The zero-order valence-corrected chi connectivity index (χ0v) is 8.67. The van der Waals surface area contributed by atoms with Gasteiger partial charge in [0.15, 0.2) is 5.75 Å². The van der Waals surface area contributed by atoms with Crippen molar-refractivity contribution in [2.24, 2.45) is 0 Å².